The average Bonchev–Trinajstić information content (AvgIpc) is 3.27. The standard InChI is InChI=1S/C22H26N6O4.C2HF3O2.CH4/c23-22-26-16-9-6-14(12-17(16)27-22)25-21(32)19(30)18(29)20(31)24-13-4-7-15(8-5-13)28-10-2-1-3-11-28;3-2(4,5)1(6)7;/h4-9,12,18-19,29-30H,1-3,10-11H2,(H,24,31)(H,25,32)(H3,23,26,27);(H,6,7);1H4/t18-,19-;;/m1../s1. The van der Waals surface area contributed by atoms with Crippen molar-refractivity contribution in [1.82, 2.24) is 9.97 Å². The van der Waals surface area contributed by atoms with Crippen molar-refractivity contribution in [1.29, 1.82) is 0 Å². The van der Waals surface area contributed by atoms with E-state index in [1.165, 1.54) is 6.42 Å². The summed E-state index contributed by atoms with van der Waals surface area (Å²) in [5.41, 5.74) is 8.70. The van der Waals surface area contributed by atoms with Gasteiger partial charge in [-0.3, -0.25) is 9.59 Å². The summed E-state index contributed by atoms with van der Waals surface area (Å²) in [6.07, 6.45) is -5.42. The van der Waals surface area contributed by atoms with E-state index in [1.807, 2.05) is 12.1 Å². The average molecular weight is 569 g/mol. The first-order chi connectivity index (χ1) is 18.3. The number of hydrogen-bond acceptors (Lipinski definition) is 8. The number of aliphatic hydroxyl groups excluding tert-OH is 2. The van der Waals surface area contributed by atoms with Crippen LogP contribution in [0.1, 0.15) is 26.7 Å². The highest BCUT2D eigenvalue weighted by atomic mass is 19.4. The summed E-state index contributed by atoms with van der Waals surface area (Å²) in [7, 11) is 0. The Kier molecular flexibility index (Phi) is 10.8. The topological polar surface area (TPSA) is 194 Å². The fraction of sp³-hybridized carbons (Fsp3) is 0.360. The highest BCUT2D eigenvalue weighted by Gasteiger charge is 2.38. The number of imidazole rings is 1. The van der Waals surface area contributed by atoms with E-state index < -0.39 is 36.2 Å². The van der Waals surface area contributed by atoms with Crippen molar-refractivity contribution >= 4 is 51.8 Å². The molecule has 0 bridgehead atoms. The molecule has 0 saturated carbocycles. The number of aromatic amines is 1. The molecule has 15 heteroatoms. The third-order valence-electron chi connectivity index (χ3n) is 5.70. The second kappa shape index (κ2) is 13.6. The molecule has 8 N–H and O–H groups in total. The number of hydrogen-bond donors (Lipinski definition) is 7. The number of aliphatic carboxylic acids is 1. The number of alkyl halides is 3. The van der Waals surface area contributed by atoms with Crippen LogP contribution in [0.2, 0.25) is 0 Å². The van der Waals surface area contributed by atoms with Crippen molar-refractivity contribution in [3.63, 3.8) is 0 Å². The molecule has 4 rings (SSSR count). The Hall–Kier alpha value is -4.37. The van der Waals surface area contributed by atoms with Crippen LogP contribution in [0.25, 0.3) is 11.0 Å². The normalized spacial score (nSPS) is 14.7. The lowest BCUT2D eigenvalue weighted by Gasteiger charge is -2.28. The molecular formula is C25H31F3N6O6. The predicted molar refractivity (Wildman–Crippen MR) is 143 cm³/mol. The molecule has 0 spiro atoms. The van der Waals surface area contributed by atoms with Crippen molar-refractivity contribution in [2.75, 3.05) is 34.4 Å². The summed E-state index contributed by atoms with van der Waals surface area (Å²) in [6.45, 7) is 2.01. The number of rotatable bonds is 6. The molecule has 0 aliphatic carbocycles. The molecule has 3 aromatic rings. The monoisotopic (exact) mass is 568 g/mol. The molecule has 1 aliphatic heterocycles. The Balaban J connectivity index is 0.000000623. The molecule has 1 aliphatic rings. The van der Waals surface area contributed by atoms with Gasteiger partial charge in [-0.05, 0) is 61.7 Å². The highest BCUT2D eigenvalue weighted by molar-refractivity contribution is 6.02. The zero-order chi connectivity index (χ0) is 28.7. The fourth-order valence-electron chi connectivity index (χ4n) is 3.73. The highest BCUT2D eigenvalue weighted by Crippen LogP contribution is 2.22. The van der Waals surface area contributed by atoms with Crippen molar-refractivity contribution < 1.29 is 42.9 Å². The van der Waals surface area contributed by atoms with E-state index in [2.05, 4.69) is 25.5 Å². The zero-order valence-corrected chi connectivity index (χ0v) is 20.4. The summed E-state index contributed by atoms with van der Waals surface area (Å²) in [5.74, 6) is -4.32. The number of carboxylic acids is 1. The van der Waals surface area contributed by atoms with Gasteiger partial charge in [0, 0.05) is 30.2 Å². The molecule has 0 radical (unpaired) electrons. The Labute approximate surface area is 227 Å². The number of aliphatic hydroxyl groups is 2. The van der Waals surface area contributed by atoms with Crippen molar-refractivity contribution in [3.8, 4) is 0 Å². The number of carboxylic acid groups (broad SMARTS) is 1. The molecule has 1 fully saturated rings. The number of H-pyrrole nitrogens is 1. The molecule has 218 valence electrons. The summed E-state index contributed by atoms with van der Waals surface area (Å²) in [5, 5.41) is 32.4. The minimum absolute atomic E-state index is 0. The van der Waals surface area contributed by atoms with E-state index in [1.54, 1.807) is 30.3 Å². The molecule has 40 heavy (non-hydrogen) atoms. The van der Waals surface area contributed by atoms with Gasteiger partial charge in [0.05, 0.1) is 11.0 Å². The first-order valence-corrected chi connectivity index (χ1v) is 11.7. The number of nitrogens with one attached hydrogen (secondary N) is 3. The van der Waals surface area contributed by atoms with E-state index in [0.29, 0.717) is 22.4 Å². The molecule has 12 nitrogen and oxygen atoms in total. The maximum Gasteiger partial charge on any atom is 0.490 e. The number of nitrogens with zero attached hydrogens (tertiary/aromatic N) is 2. The van der Waals surface area contributed by atoms with Crippen LogP contribution in [-0.2, 0) is 14.4 Å². The van der Waals surface area contributed by atoms with Crippen LogP contribution in [0.5, 0.6) is 0 Å². The third-order valence-corrected chi connectivity index (χ3v) is 5.70. The number of carbonyl (C=O) groups is 3. The number of nitrogen functional groups attached to an aromatic ring is 1. The number of halogens is 3. The lowest BCUT2D eigenvalue weighted by atomic mass is 10.1. The maximum atomic E-state index is 12.3. The quantitative estimate of drug-likeness (QED) is 0.234. The second-order valence-corrected chi connectivity index (χ2v) is 8.62. The smallest absolute Gasteiger partial charge is 0.475 e. The van der Waals surface area contributed by atoms with Crippen LogP contribution in [0, 0.1) is 0 Å². The number of aromatic nitrogens is 2. The number of piperidine rings is 1. The number of anilines is 4. The summed E-state index contributed by atoms with van der Waals surface area (Å²) < 4.78 is 31.7. The lowest BCUT2D eigenvalue weighted by Crippen LogP contribution is -2.45. The number of amides is 2. The minimum Gasteiger partial charge on any atom is -0.475 e. The van der Waals surface area contributed by atoms with Gasteiger partial charge in [0.2, 0.25) is 0 Å². The van der Waals surface area contributed by atoms with Crippen LogP contribution in [0.3, 0.4) is 0 Å². The number of benzene rings is 2. The predicted octanol–water partition coefficient (Wildman–Crippen LogP) is 2.70. The van der Waals surface area contributed by atoms with E-state index in [9.17, 15) is 33.0 Å². The molecule has 2 aromatic carbocycles. The second-order valence-electron chi connectivity index (χ2n) is 8.62. The van der Waals surface area contributed by atoms with Gasteiger partial charge in [-0.1, -0.05) is 7.43 Å². The molecule has 2 heterocycles. The van der Waals surface area contributed by atoms with Gasteiger partial charge in [-0.15, -0.1) is 0 Å². The van der Waals surface area contributed by atoms with Crippen LogP contribution < -0.4 is 21.3 Å². The van der Waals surface area contributed by atoms with E-state index in [4.69, 9.17) is 15.6 Å². The van der Waals surface area contributed by atoms with Crippen LogP contribution in [-0.4, -0.2) is 74.5 Å². The van der Waals surface area contributed by atoms with Gasteiger partial charge in [0.1, 0.15) is 0 Å². The first kappa shape index (κ1) is 31.8. The Morgan fingerprint density at radius 2 is 1.43 bits per heavy atom. The summed E-state index contributed by atoms with van der Waals surface area (Å²) in [4.78, 5) is 42.7. The van der Waals surface area contributed by atoms with Crippen molar-refractivity contribution in [2.24, 2.45) is 0 Å². The lowest BCUT2D eigenvalue weighted by molar-refractivity contribution is -0.192. The van der Waals surface area contributed by atoms with Gasteiger partial charge >= 0.3 is 12.1 Å². The molecule has 2 amide bonds. The van der Waals surface area contributed by atoms with Crippen LogP contribution >= 0.6 is 0 Å². The van der Waals surface area contributed by atoms with E-state index in [-0.39, 0.29) is 13.4 Å². The Morgan fingerprint density at radius 3 is 1.95 bits per heavy atom. The Bertz CT molecular complexity index is 1310. The molecule has 1 aromatic heterocycles. The minimum atomic E-state index is -5.08. The van der Waals surface area contributed by atoms with Gasteiger partial charge in [0.25, 0.3) is 11.8 Å². The molecule has 1 saturated heterocycles. The number of carbonyl (C=O) groups excluding carboxylic acids is 2. The maximum absolute atomic E-state index is 12.3. The molecule has 0 unspecified atom stereocenters. The molecule has 2 atom stereocenters. The van der Waals surface area contributed by atoms with Crippen molar-refractivity contribution in [3.05, 3.63) is 42.5 Å². The van der Waals surface area contributed by atoms with Gasteiger partial charge in [-0.2, -0.15) is 13.2 Å². The van der Waals surface area contributed by atoms with Crippen LogP contribution in [0.15, 0.2) is 42.5 Å². The fourth-order valence-corrected chi connectivity index (χ4v) is 3.73. The van der Waals surface area contributed by atoms with E-state index >= 15 is 0 Å². The molecular weight excluding hydrogens is 537 g/mol. The number of nitrogens with two attached hydrogens (primary N) is 1. The summed E-state index contributed by atoms with van der Waals surface area (Å²) in [6, 6.07) is 12.0. The van der Waals surface area contributed by atoms with Gasteiger partial charge in [0.15, 0.2) is 18.2 Å². The third kappa shape index (κ3) is 8.57. The summed E-state index contributed by atoms with van der Waals surface area (Å²) >= 11 is 0. The largest absolute Gasteiger partial charge is 0.490 e. The Morgan fingerprint density at radius 1 is 0.925 bits per heavy atom. The number of fused-ring (bicyclic) bond motifs is 1. The van der Waals surface area contributed by atoms with Crippen molar-refractivity contribution in [2.45, 2.75) is 45.1 Å². The SMILES string of the molecule is C.Nc1nc2ccc(NC(=O)[C@H](O)[C@@H](O)C(=O)Nc3ccc(N4CCCCC4)cc3)cc2[nH]1.O=C(O)C(F)(F)F. The van der Waals surface area contributed by atoms with E-state index in [0.717, 1.165) is 31.6 Å². The zero-order valence-electron chi connectivity index (χ0n) is 20.4. The van der Waals surface area contributed by atoms with Gasteiger partial charge in [-0.25, -0.2) is 9.78 Å². The van der Waals surface area contributed by atoms with Crippen LogP contribution in [0.4, 0.5) is 36.2 Å². The first-order valence-electron chi connectivity index (χ1n) is 11.7. The van der Waals surface area contributed by atoms with Gasteiger partial charge < -0.3 is 41.6 Å².